The summed E-state index contributed by atoms with van der Waals surface area (Å²) in [5.41, 5.74) is 3.87. The summed E-state index contributed by atoms with van der Waals surface area (Å²) in [6.45, 7) is 2.57. The molecule has 27 heavy (non-hydrogen) atoms. The van der Waals surface area contributed by atoms with E-state index in [1.165, 1.54) is 28.8 Å². The van der Waals surface area contributed by atoms with Gasteiger partial charge in [0.15, 0.2) is 0 Å². The van der Waals surface area contributed by atoms with Crippen LogP contribution in [0.1, 0.15) is 5.56 Å². The van der Waals surface area contributed by atoms with Gasteiger partial charge < -0.3 is 4.74 Å². The van der Waals surface area contributed by atoms with Crippen LogP contribution in [0.25, 0.3) is 11.1 Å². The van der Waals surface area contributed by atoms with E-state index in [2.05, 4.69) is 53.4 Å². The SMILES string of the molecule is O=[N+]([O-])c1ccc(OC2CN(Cc3ccccc3-c3ccccc3)C2)cc1. The average Bonchev–Trinajstić information content (AvgIpc) is 2.68. The summed E-state index contributed by atoms with van der Waals surface area (Å²) in [5, 5.41) is 10.7. The molecule has 0 aliphatic carbocycles. The zero-order chi connectivity index (χ0) is 18.6. The van der Waals surface area contributed by atoms with E-state index in [-0.39, 0.29) is 11.8 Å². The number of hydrogen-bond acceptors (Lipinski definition) is 4. The van der Waals surface area contributed by atoms with Crippen molar-refractivity contribution in [1.29, 1.82) is 0 Å². The zero-order valence-corrected chi connectivity index (χ0v) is 14.8. The quantitative estimate of drug-likeness (QED) is 0.479. The normalized spacial score (nSPS) is 14.5. The number of hydrogen-bond donors (Lipinski definition) is 0. The molecule has 1 aliphatic heterocycles. The molecule has 0 bridgehead atoms. The second kappa shape index (κ2) is 7.60. The predicted molar refractivity (Wildman–Crippen MR) is 105 cm³/mol. The van der Waals surface area contributed by atoms with Crippen molar-refractivity contribution < 1.29 is 9.66 Å². The molecule has 0 spiro atoms. The van der Waals surface area contributed by atoms with Crippen LogP contribution in [0.5, 0.6) is 5.75 Å². The second-order valence-electron chi connectivity index (χ2n) is 6.71. The van der Waals surface area contributed by atoms with E-state index in [0.717, 1.165) is 19.6 Å². The van der Waals surface area contributed by atoms with Crippen molar-refractivity contribution in [2.24, 2.45) is 0 Å². The van der Waals surface area contributed by atoms with Crippen molar-refractivity contribution >= 4 is 5.69 Å². The van der Waals surface area contributed by atoms with E-state index >= 15 is 0 Å². The molecule has 0 radical (unpaired) electrons. The summed E-state index contributed by atoms with van der Waals surface area (Å²) in [4.78, 5) is 12.6. The minimum atomic E-state index is -0.404. The van der Waals surface area contributed by atoms with Crippen molar-refractivity contribution in [2.45, 2.75) is 12.6 Å². The highest BCUT2D eigenvalue weighted by atomic mass is 16.6. The van der Waals surface area contributed by atoms with Crippen LogP contribution in [-0.2, 0) is 6.54 Å². The minimum Gasteiger partial charge on any atom is -0.488 e. The van der Waals surface area contributed by atoms with E-state index in [1.807, 2.05) is 6.07 Å². The highest BCUT2D eigenvalue weighted by Crippen LogP contribution is 2.27. The molecule has 4 rings (SSSR count). The molecule has 5 nitrogen and oxygen atoms in total. The summed E-state index contributed by atoms with van der Waals surface area (Å²) >= 11 is 0. The van der Waals surface area contributed by atoms with Gasteiger partial charge in [-0.3, -0.25) is 15.0 Å². The molecule has 3 aromatic rings. The van der Waals surface area contributed by atoms with Gasteiger partial charge in [0.1, 0.15) is 11.9 Å². The van der Waals surface area contributed by atoms with Crippen LogP contribution < -0.4 is 4.74 Å². The van der Waals surface area contributed by atoms with E-state index in [9.17, 15) is 10.1 Å². The van der Waals surface area contributed by atoms with Crippen LogP contribution in [0.4, 0.5) is 5.69 Å². The fourth-order valence-corrected chi connectivity index (χ4v) is 3.36. The average molecular weight is 360 g/mol. The zero-order valence-electron chi connectivity index (χ0n) is 14.8. The first-order valence-corrected chi connectivity index (χ1v) is 8.96. The topological polar surface area (TPSA) is 55.6 Å². The van der Waals surface area contributed by atoms with E-state index in [4.69, 9.17) is 4.74 Å². The summed E-state index contributed by atoms with van der Waals surface area (Å²) in [6, 6.07) is 25.2. The van der Waals surface area contributed by atoms with Gasteiger partial charge in [0.2, 0.25) is 0 Å². The fraction of sp³-hybridized carbons (Fsp3) is 0.182. The third-order valence-corrected chi connectivity index (χ3v) is 4.77. The third-order valence-electron chi connectivity index (χ3n) is 4.77. The predicted octanol–water partition coefficient (Wildman–Crippen LogP) is 4.53. The van der Waals surface area contributed by atoms with Gasteiger partial charge in [-0.15, -0.1) is 0 Å². The molecular formula is C22H20N2O3. The number of ether oxygens (including phenoxy) is 1. The largest absolute Gasteiger partial charge is 0.488 e. The lowest BCUT2D eigenvalue weighted by molar-refractivity contribution is -0.384. The maximum Gasteiger partial charge on any atom is 0.269 e. The molecule has 1 saturated heterocycles. The van der Waals surface area contributed by atoms with Crippen LogP contribution in [0.3, 0.4) is 0 Å². The van der Waals surface area contributed by atoms with Gasteiger partial charge in [0, 0.05) is 31.8 Å². The van der Waals surface area contributed by atoms with Crippen LogP contribution >= 0.6 is 0 Å². The molecule has 0 unspecified atom stereocenters. The Morgan fingerprint density at radius 1 is 0.926 bits per heavy atom. The molecule has 5 heteroatoms. The lowest BCUT2D eigenvalue weighted by Gasteiger charge is -2.39. The number of rotatable bonds is 6. The first kappa shape index (κ1) is 17.2. The first-order chi connectivity index (χ1) is 13.2. The summed E-state index contributed by atoms with van der Waals surface area (Å²) in [5.74, 6) is 0.676. The van der Waals surface area contributed by atoms with Crippen molar-refractivity contribution in [1.82, 2.24) is 4.90 Å². The van der Waals surface area contributed by atoms with Crippen LogP contribution in [0.15, 0.2) is 78.9 Å². The highest BCUT2D eigenvalue weighted by Gasteiger charge is 2.29. The maximum atomic E-state index is 10.7. The van der Waals surface area contributed by atoms with E-state index < -0.39 is 4.92 Å². The Hall–Kier alpha value is -3.18. The summed E-state index contributed by atoms with van der Waals surface area (Å²) in [7, 11) is 0. The number of likely N-dealkylation sites (tertiary alicyclic amines) is 1. The van der Waals surface area contributed by atoms with Gasteiger partial charge in [0.25, 0.3) is 5.69 Å². The van der Waals surface area contributed by atoms with Crippen molar-refractivity contribution in [3.8, 4) is 16.9 Å². The highest BCUT2D eigenvalue weighted by molar-refractivity contribution is 5.67. The molecule has 1 aliphatic rings. The lowest BCUT2D eigenvalue weighted by Crippen LogP contribution is -2.53. The van der Waals surface area contributed by atoms with E-state index in [1.54, 1.807) is 12.1 Å². The van der Waals surface area contributed by atoms with Gasteiger partial charge >= 0.3 is 0 Å². The molecule has 0 atom stereocenters. The van der Waals surface area contributed by atoms with Gasteiger partial charge in [-0.2, -0.15) is 0 Å². The smallest absolute Gasteiger partial charge is 0.269 e. The van der Waals surface area contributed by atoms with Gasteiger partial charge in [-0.1, -0.05) is 54.6 Å². The molecule has 136 valence electrons. The number of benzene rings is 3. The van der Waals surface area contributed by atoms with Crippen molar-refractivity contribution in [2.75, 3.05) is 13.1 Å². The van der Waals surface area contributed by atoms with E-state index in [0.29, 0.717) is 5.75 Å². The Bertz CT molecular complexity index is 920. The monoisotopic (exact) mass is 360 g/mol. The Morgan fingerprint density at radius 3 is 2.30 bits per heavy atom. The van der Waals surface area contributed by atoms with Crippen molar-refractivity contribution in [3.05, 3.63) is 94.5 Å². The number of nitro benzene ring substituents is 1. The molecule has 0 saturated carbocycles. The Kier molecular flexibility index (Phi) is 4.85. The maximum absolute atomic E-state index is 10.7. The molecule has 1 heterocycles. The Labute approximate surface area is 158 Å². The molecule has 0 aromatic heterocycles. The summed E-state index contributed by atoms with van der Waals surface area (Å²) in [6.07, 6.45) is 0.121. The molecule has 0 amide bonds. The molecule has 1 fully saturated rings. The van der Waals surface area contributed by atoms with Crippen LogP contribution in [0.2, 0.25) is 0 Å². The molecule has 0 N–H and O–H groups in total. The third kappa shape index (κ3) is 3.99. The van der Waals surface area contributed by atoms with Gasteiger partial charge in [-0.05, 0) is 28.8 Å². The van der Waals surface area contributed by atoms with Crippen molar-refractivity contribution in [3.63, 3.8) is 0 Å². The standard InChI is InChI=1S/C22H20N2O3/c25-24(26)19-10-12-20(13-11-19)27-21-15-23(16-21)14-18-8-4-5-9-22(18)17-6-2-1-3-7-17/h1-13,21H,14-16H2. The number of non-ortho nitro benzene ring substituents is 1. The summed E-state index contributed by atoms with van der Waals surface area (Å²) < 4.78 is 5.90. The first-order valence-electron chi connectivity index (χ1n) is 8.96. The van der Waals surface area contributed by atoms with Crippen LogP contribution in [-0.4, -0.2) is 29.0 Å². The Balaban J connectivity index is 1.35. The number of nitrogens with zero attached hydrogens (tertiary/aromatic N) is 2. The Morgan fingerprint density at radius 2 is 1.59 bits per heavy atom. The van der Waals surface area contributed by atoms with Gasteiger partial charge in [-0.25, -0.2) is 0 Å². The molecular weight excluding hydrogens is 340 g/mol. The fourth-order valence-electron chi connectivity index (χ4n) is 3.36. The molecule has 3 aromatic carbocycles. The second-order valence-corrected chi connectivity index (χ2v) is 6.71. The minimum absolute atomic E-state index is 0.0788. The van der Waals surface area contributed by atoms with Crippen LogP contribution in [0, 0.1) is 10.1 Å². The van der Waals surface area contributed by atoms with Gasteiger partial charge in [0.05, 0.1) is 4.92 Å². The number of nitro groups is 1. The lowest BCUT2D eigenvalue weighted by atomic mass is 9.98.